The molecule has 0 fully saturated rings. The number of hydrogen-bond donors (Lipinski definition) is 1. The van der Waals surface area contributed by atoms with E-state index >= 15 is 0 Å². The van der Waals surface area contributed by atoms with E-state index in [1.54, 1.807) is 12.1 Å². The number of rotatable bonds is 2. The summed E-state index contributed by atoms with van der Waals surface area (Å²) in [5, 5.41) is 8.81. The third-order valence-corrected chi connectivity index (χ3v) is 2.81. The van der Waals surface area contributed by atoms with Gasteiger partial charge in [-0.1, -0.05) is 11.6 Å². The van der Waals surface area contributed by atoms with Crippen molar-refractivity contribution in [3.05, 3.63) is 41.5 Å². The van der Waals surface area contributed by atoms with Gasteiger partial charge in [-0.2, -0.15) is 0 Å². The highest BCUT2D eigenvalue weighted by molar-refractivity contribution is 5.88. The van der Waals surface area contributed by atoms with Crippen molar-refractivity contribution in [1.29, 1.82) is 0 Å². The molecule has 0 unspecified atom stereocenters. The third-order valence-electron chi connectivity index (χ3n) is 2.81. The van der Waals surface area contributed by atoms with Gasteiger partial charge in [0, 0.05) is 18.8 Å². The zero-order valence-corrected chi connectivity index (χ0v) is 9.31. The normalized spacial score (nSPS) is 15.8. The summed E-state index contributed by atoms with van der Waals surface area (Å²) in [4.78, 5) is 13.0. The van der Waals surface area contributed by atoms with Crippen LogP contribution < -0.4 is 4.90 Å². The Hall–Kier alpha value is -1.77. The molecule has 84 valence electrons. The maximum absolute atomic E-state index is 10.7. The standard InChI is InChI=1S/C13H15NO2/c1-10-3-2-8-14(9-10)12-6-4-11(5-7-12)13(15)16/h3-7H,2,8-9H2,1H3,(H,15,16). The van der Waals surface area contributed by atoms with Crippen LogP contribution in [0.5, 0.6) is 0 Å². The highest BCUT2D eigenvalue weighted by Gasteiger charge is 2.11. The quantitative estimate of drug-likeness (QED) is 0.774. The Balaban J connectivity index is 2.16. The van der Waals surface area contributed by atoms with Crippen molar-refractivity contribution >= 4 is 11.7 Å². The van der Waals surface area contributed by atoms with Gasteiger partial charge in [0.15, 0.2) is 0 Å². The average molecular weight is 217 g/mol. The smallest absolute Gasteiger partial charge is 0.335 e. The van der Waals surface area contributed by atoms with Crippen LogP contribution in [-0.2, 0) is 0 Å². The zero-order valence-electron chi connectivity index (χ0n) is 9.31. The fourth-order valence-electron chi connectivity index (χ4n) is 1.95. The van der Waals surface area contributed by atoms with Gasteiger partial charge in [0.25, 0.3) is 0 Å². The molecule has 0 amide bonds. The Morgan fingerprint density at radius 2 is 2.00 bits per heavy atom. The fraction of sp³-hybridized carbons (Fsp3) is 0.308. The maximum Gasteiger partial charge on any atom is 0.335 e. The number of hydrogen-bond acceptors (Lipinski definition) is 2. The van der Waals surface area contributed by atoms with Crippen LogP contribution >= 0.6 is 0 Å². The first-order valence-electron chi connectivity index (χ1n) is 5.41. The van der Waals surface area contributed by atoms with Crippen molar-refractivity contribution < 1.29 is 9.90 Å². The summed E-state index contributed by atoms with van der Waals surface area (Å²) in [5.41, 5.74) is 2.80. The molecule has 1 aromatic rings. The first kappa shape index (κ1) is 10.7. The maximum atomic E-state index is 10.7. The molecule has 0 aliphatic carbocycles. The van der Waals surface area contributed by atoms with Gasteiger partial charge in [-0.25, -0.2) is 4.79 Å². The summed E-state index contributed by atoms with van der Waals surface area (Å²) in [7, 11) is 0. The van der Waals surface area contributed by atoms with E-state index in [0.717, 1.165) is 25.2 Å². The van der Waals surface area contributed by atoms with Crippen molar-refractivity contribution in [2.75, 3.05) is 18.0 Å². The van der Waals surface area contributed by atoms with Crippen molar-refractivity contribution in [2.24, 2.45) is 0 Å². The van der Waals surface area contributed by atoms with E-state index in [4.69, 9.17) is 5.11 Å². The monoisotopic (exact) mass is 217 g/mol. The molecule has 2 rings (SSSR count). The molecule has 0 bridgehead atoms. The largest absolute Gasteiger partial charge is 0.478 e. The first-order valence-corrected chi connectivity index (χ1v) is 5.41. The number of nitrogens with zero attached hydrogens (tertiary/aromatic N) is 1. The van der Waals surface area contributed by atoms with E-state index in [1.807, 2.05) is 12.1 Å². The zero-order chi connectivity index (χ0) is 11.5. The van der Waals surface area contributed by atoms with Crippen LogP contribution in [0, 0.1) is 0 Å². The van der Waals surface area contributed by atoms with E-state index < -0.39 is 5.97 Å². The lowest BCUT2D eigenvalue weighted by Crippen LogP contribution is -2.28. The molecule has 1 aliphatic rings. The fourth-order valence-corrected chi connectivity index (χ4v) is 1.95. The molecule has 0 spiro atoms. The van der Waals surface area contributed by atoms with E-state index in [2.05, 4.69) is 17.9 Å². The predicted octanol–water partition coefficient (Wildman–Crippen LogP) is 2.54. The van der Waals surface area contributed by atoms with Crippen molar-refractivity contribution in [2.45, 2.75) is 13.3 Å². The van der Waals surface area contributed by atoms with Crippen LogP contribution in [-0.4, -0.2) is 24.2 Å². The summed E-state index contributed by atoms with van der Waals surface area (Å²) in [5.74, 6) is -0.874. The average Bonchev–Trinajstić information content (AvgIpc) is 2.29. The lowest BCUT2D eigenvalue weighted by molar-refractivity contribution is 0.0697. The Kier molecular flexibility index (Phi) is 2.95. The summed E-state index contributed by atoms with van der Waals surface area (Å²) in [6.45, 7) is 4.06. The molecule has 1 aliphatic heterocycles. The van der Waals surface area contributed by atoms with E-state index in [-0.39, 0.29) is 0 Å². The van der Waals surface area contributed by atoms with Crippen molar-refractivity contribution in [1.82, 2.24) is 0 Å². The molecule has 1 heterocycles. The molecule has 0 saturated heterocycles. The molecular weight excluding hydrogens is 202 g/mol. The molecule has 0 atom stereocenters. The molecular formula is C13H15NO2. The Morgan fingerprint density at radius 1 is 1.31 bits per heavy atom. The molecule has 0 saturated carbocycles. The minimum absolute atomic E-state index is 0.341. The van der Waals surface area contributed by atoms with Gasteiger partial charge in [-0.15, -0.1) is 0 Å². The minimum Gasteiger partial charge on any atom is -0.478 e. The summed E-state index contributed by atoms with van der Waals surface area (Å²) in [6, 6.07) is 7.07. The number of carboxylic acids is 1. The number of carboxylic acid groups (broad SMARTS) is 1. The second-order valence-electron chi connectivity index (χ2n) is 4.11. The topological polar surface area (TPSA) is 40.5 Å². The van der Waals surface area contributed by atoms with Crippen LogP contribution in [0.15, 0.2) is 35.9 Å². The lowest BCUT2D eigenvalue weighted by Gasteiger charge is -2.28. The van der Waals surface area contributed by atoms with Crippen LogP contribution in [0.2, 0.25) is 0 Å². The van der Waals surface area contributed by atoms with E-state index in [0.29, 0.717) is 5.56 Å². The SMILES string of the molecule is CC1=CCCN(c2ccc(C(=O)O)cc2)C1. The van der Waals surface area contributed by atoms with Crippen LogP contribution in [0.4, 0.5) is 5.69 Å². The van der Waals surface area contributed by atoms with Crippen LogP contribution in [0.1, 0.15) is 23.7 Å². The number of carbonyl (C=O) groups is 1. The number of aromatic carboxylic acids is 1. The van der Waals surface area contributed by atoms with Gasteiger partial charge in [0.05, 0.1) is 5.56 Å². The molecule has 3 heteroatoms. The van der Waals surface area contributed by atoms with E-state index in [1.165, 1.54) is 5.57 Å². The van der Waals surface area contributed by atoms with Gasteiger partial charge in [-0.3, -0.25) is 0 Å². The summed E-state index contributed by atoms with van der Waals surface area (Å²) < 4.78 is 0. The highest BCUT2D eigenvalue weighted by atomic mass is 16.4. The second-order valence-corrected chi connectivity index (χ2v) is 4.11. The molecule has 0 aromatic heterocycles. The van der Waals surface area contributed by atoms with E-state index in [9.17, 15) is 4.79 Å². The first-order chi connectivity index (χ1) is 7.66. The molecule has 0 radical (unpaired) electrons. The molecule has 16 heavy (non-hydrogen) atoms. The minimum atomic E-state index is -0.874. The van der Waals surface area contributed by atoms with Crippen molar-refractivity contribution in [3.8, 4) is 0 Å². The number of benzene rings is 1. The summed E-state index contributed by atoms with van der Waals surface area (Å²) >= 11 is 0. The van der Waals surface area contributed by atoms with Gasteiger partial charge >= 0.3 is 5.97 Å². The van der Waals surface area contributed by atoms with Crippen LogP contribution in [0.3, 0.4) is 0 Å². The Labute approximate surface area is 95.0 Å². The third kappa shape index (κ3) is 2.24. The van der Waals surface area contributed by atoms with Crippen LogP contribution in [0.25, 0.3) is 0 Å². The van der Waals surface area contributed by atoms with Gasteiger partial charge in [0.2, 0.25) is 0 Å². The van der Waals surface area contributed by atoms with Gasteiger partial charge < -0.3 is 10.0 Å². The molecule has 3 nitrogen and oxygen atoms in total. The Bertz CT molecular complexity index is 420. The predicted molar refractivity (Wildman–Crippen MR) is 64.0 cm³/mol. The molecule has 1 N–H and O–H groups in total. The Morgan fingerprint density at radius 3 is 2.56 bits per heavy atom. The highest BCUT2D eigenvalue weighted by Crippen LogP contribution is 2.20. The lowest BCUT2D eigenvalue weighted by atomic mass is 10.1. The number of anilines is 1. The van der Waals surface area contributed by atoms with Gasteiger partial charge in [0.1, 0.15) is 0 Å². The van der Waals surface area contributed by atoms with Gasteiger partial charge in [-0.05, 0) is 37.6 Å². The second kappa shape index (κ2) is 4.39. The summed E-state index contributed by atoms with van der Waals surface area (Å²) in [6.07, 6.45) is 3.31. The van der Waals surface area contributed by atoms with Crippen molar-refractivity contribution in [3.63, 3.8) is 0 Å². The molecule has 1 aromatic carbocycles.